The van der Waals surface area contributed by atoms with Crippen molar-refractivity contribution in [3.05, 3.63) is 90.5 Å². The fourth-order valence-electron chi connectivity index (χ4n) is 5.20. The van der Waals surface area contributed by atoms with Crippen molar-refractivity contribution in [1.29, 1.82) is 0 Å². The molecule has 0 saturated carbocycles. The van der Waals surface area contributed by atoms with Crippen molar-refractivity contribution in [2.75, 3.05) is 30.4 Å². The minimum absolute atomic E-state index is 0.0225. The van der Waals surface area contributed by atoms with Gasteiger partial charge in [0, 0.05) is 37.6 Å². The molecule has 4 heterocycles. The summed E-state index contributed by atoms with van der Waals surface area (Å²) in [5, 5.41) is 7.46. The number of alkyl halides is 2. The number of nitrogens with two attached hydrogens (primary N) is 1. The number of hydrogen-bond donors (Lipinski definition) is 2. The number of pyridine rings is 2. The van der Waals surface area contributed by atoms with Crippen LogP contribution >= 0.6 is 0 Å². The summed E-state index contributed by atoms with van der Waals surface area (Å²) in [4.78, 5) is 22.3. The smallest absolute Gasteiger partial charge is 0.404 e. The molecule has 1 aliphatic rings. The molecular formula is C31H35F2N7O6S. The first-order chi connectivity index (χ1) is 22.6. The van der Waals surface area contributed by atoms with Crippen molar-refractivity contribution >= 4 is 21.7 Å². The van der Waals surface area contributed by atoms with Gasteiger partial charge in [-0.25, -0.2) is 27.9 Å². The Hall–Kier alpha value is -4.67. The van der Waals surface area contributed by atoms with Crippen molar-refractivity contribution in [2.45, 2.75) is 49.6 Å². The van der Waals surface area contributed by atoms with Gasteiger partial charge in [-0.05, 0) is 41.5 Å². The standard InChI is InChI=1S/C31H35F2N7O6S/c1-2-47(42,43)26-8-5-22(6-9-26)27(20-45-31(34)41)35-15-21-4-10-28(36-16-21)39-18-25(14-24(39)19-44-30(32)33)46-29-11-7-23(17-37-29)40-13-3-12-38-40/h3-13,16-17,24-25,27,30,35H,2,14-15,18-20H2,1H3,(H2,34,41)/t24-,25-,27-/m0/s1. The SMILES string of the molecule is CCS(=O)(=O)c1ccc([C@H](COC(N)=O)NCc2ccc(N3C[C@@H](Oc4ccc(-n5cccn5)cn4)C[C@H]3COC(F)F)nc2)cc1. The van der Waals surface area contributed by atoms with E-state index in [-0.39, 0.29) is 30.0 Å². The molecule has 1 fully saturated rings. The molecule has 0 radical (unpaired) electrons. The highest BCUT2D eigenvalue weighted by Gasteiger charge is 2.35. The van der Waals surface area contributed by atoms with E-state index in [1.807, 2.05) is 17.0 Å². The van der Waals surface area contributed by atoms with Gasteiger partial charge in [-0.15, -0.1) is 0 Å². The van der Waals surface area contributed by atoms with Crippen LogP contribution in [0.4, 0.5) is 19.4 Å². The second-order valence-corrected chi connectivity index (χ2v) is 13.0. The number of ether oxygens (including phenoxy) is 3. The van der Waals surface area contributed by atoms with Crippen LogP contribution in [0.1, 0.15) is 30.5 Å². The molecular weight excluding hydrogens is 636 g/mol. The van der Waals surface area contributed by atoms with Crippen LogP contribution in [0.15, 0.2) is 84.3 Å². The molecule has 1 amide bonds. The van der Waals surface area contributed by atoms with Gasteiger partial charge in [-0.2, -0.15) is 13.9 Å². The lowest BCUT2D eigenvalue weighted by atomic mass is 10.1. The summed E-state index contributed by atoms with van der Waals surface area (Å²) >= 11 is 0. The molecule has 1 saturated heterocycles. The van der Waals surface area contributed by atoms with E-state index in [1.54, 1.807) is 66.7 Å². The number of halogens is 2. The minimum atomic E-state index is -3.37. The van der Waals surface area contributed by atoms with E-state index in [0.29, 0.717) is 36.8 Å². The predicted molar refractivity (Wildman–Crippen MR) is 167 cm³/mol. The summed E-state index contributed by atoms with van der Waals surface area (Å²) in [5.41, 5.74) is 7.43. The molecule has 3 N–H and O–H groups in total. The van der Waals surface area contributed by atoms with Gasteiger partial charge in [0.05, 0.1) is 47.8 Å². The van der Waals surface area contributed by atoms with E-state index < -0.39 is 34.6 Å². The molecule has 3 atom stereocenters. The second-order valence-electron chi connectivity index (χ2n) is 10.7. The summed E-state index contributed by atoms with van der Waals surface area (Å²) in [6, 6.07) is 14.4. The van der Waals surface area contributed by atoms with Crippen LogP contribution in [0.25, 0.3) is 5.69 Å². The van der Waals surface area contributed by atoms with Gasteiger partial charge in [0.15, 0.2) is 9.84 Å². The average Bonchev–Trinajstić information content (AvgIpc) is 3.75. The van der Waals surface area contributed by atoms with Crippen LogP contribution in [0.5, 0.6) is 5.88 Å². The molecule has 4 aromatic rings. The van der Waals surface area contributed by atoms with Crippen LogP contribution in [0, 0.1) is 0 Å². The average molecular weight is 672 g/mol. The predicted octanol–water partition coefficient (Wildman–Crippen LogP) is 3.65. The molecule has 1 aromatic carbocycles. The van der Waals surface area contributed by atoms with Gasteiger partial charge >= 0.3 is 12.7 Å². The summed E-state index contributed by atoms with van der Waals surface area (Å²) in [5.74, 6) is 0.934. The molecule has 0 aliphatic carbocycles. The zero-order valence-corrected chi connectivity index (χ0v) is 26.3. The normalized spacial score (nSPS) is 17.1. The largest absolute Gasteiger partial charge is 0.472 e. The number of aromatic nitrogens is 4. The van der Waals surface area contributed by atoms with E-state index in [4.69, 9.17) is 15.2 Å². The van der Waals surface area contributed by atoms with Crippen LogP contribution in [-0.2, 0) is 25.9 Å². The lowest BCUT2D eigenvalue weighted by molar-refractivity contribution is -0.131. The highest BCUT2D eigenvalue weighted by atomic mass is 32.2. The second kappa shape index (κ2) is 15.3. The molecule has 0 unspecified atom stereocenters. The van der Waals surface area contributed by atoms with Crippen molar-refractivity contribution < 1.29 is 36.2 Å². The van der Waals surface area contributed by atoms with Crippen LogP contribution < -0.4 is 20.7 Å². The number of primary amides is 1. The quantitative estimate of drug-likeness (QED) is 0.190. The Morgan fingerprint density at radius 3 is 2.53 bits per heavy atom. The molecule has 250 valence electrons. The first-order valence-electron chi connectivity index (χ1n) is 14.8. The number of sulfone groups is 1. The van der Waals surface area contributed by atoms with Crippen molar-refractivity contribution in [3.63, 3.8) is 0 Å². The van der Waals surface area contributed by atoms with E-state index in [0.717, 1.165) is 11.3 Å². The van der Waals surface area contributed by atoms with Gasteiger partial charge in [-0.3, -0.25) is 0 Å². The van der Waals surface area contributed by atoms with E-state index >= 15 is 0 Å². The number of carbonyl (C=O) groups excluding carboxylic acids is 1. The zero-order chi connectivity index (χ0) is 33.4. The van der Waals surface area contributed by atoms with Gasteiger partial charge in [0.25, 0.3) is 0 Å². The third kappa shape index (κ3) is 8.99. The van der Waals surface area contributed by atoms with E-state index in [2.05, 4.69) is 25.1 Å². The Balaban J connectivity index is 1.24. The maximum Gasteiger partial charge on any atom is 0.404 e. The van der Waals surface area contributed by atoms with E-state index in [1.165, 1.54) is 12.1 Å². The lowest BCUT2D eigenvalue weighted by Gasteiger charge is -2.25. The van der Waals surface area contributed by atoms with Crippen LogP contribution in [-0.4, -0.2) is 78.5 Å². The molecule has 1 aliphatic heterocycles. The number of carbonyl (C=O) groups is 1. The topological polar surface area (TPSA) is 164 Å². The van der Waals surface area contributed by atoms with Crippen LogP contribution in [0.3, 0.4) is 0 Å². The fraction of sp³-hybridized carbons (Fsp3) is 0.355. The maximum absolute atomic E-state index is 13.0. The molecule has 5 rings (SSSR count). The van der Waals surface area contributed by atoms with Crippen molar-refractivity contribution in [3.8, 4) is 11.6 Å². The Morgan fingerprint density at radius 2 is 1.91 bits per heavy atom. The third-order valence-electron chi connectivity index (χ3n) is 7.64. The highest BCUT2D eigenvalue weighted by molar-refractivity contribution is 7.91. The van der Waals surface area contributed by atoms with E-state index in [9.17, 15) is 22.0 Å². The Labute approximate surface area is 270 Å². The number of rotatable bonds is 15. The summed E-state index contributed by atoms with van der Waals surface area (Å²) in [6.07, 6.45) is 5.88. The number of nitrogens with zero attached hydrogens (tertiary/aromatic N) is 5. The molecule has 0 spiro atoms. The third-order valence-corrected chi connectivity index (χ3v) is 9.39. The Bertz CT molecular complexity index is 1690. The number of anilines is 1. The summed E-state index contributed by atoms with van der Waals surface area (Å²) < 4.78 is 67.8. The minimum Gasteiger partial charge on any atom is -0.472 e. The molecule has 47 heavy (non-hydrogen) atoms. The van der Waals surface area contributed by atoms with Crippen LogP contribution in [0.2, 0.25) is 0 Å². The van der Waals surface area contributed by atoms with Gasteiger partial charge in [0.2, 0.25) is 5.88 Å². The van der Waals surface area contributed by atoms with Crippen molar-refractivity contribution in [1.82, 2.24) is 25.1 Å². The Kier molecular flexibility index (Phi) is 11.0. The summed E-state index contributed by atoms with van der Waals surface area (Å²) in [6.45, 7) is -0.938. The van der Waals surface area contributed by atoms with Gasteiger partial charge in [-0.1, -0.05) is 25.1 Å². The molecule has 3 aromatic heterocycles. The fourth-order valence-corrected chi connectivity index (χ4v) is 6.08. The number of benzene rings is 1. The lowest BCUT2D eigenvalue weighted by Crippen LogP contribution is -2.34. The van der Waals surface area contributed by atoms with Gasteiger partial charge < -0.3 is 30.2 Å². The Morgan fingerprint density at radius 1 is 1.11 bits per heavy atom. The first-order valence-corrected chi connectivity index (χ1v) is 16.5. The van der Waals surface area contributed by atoms with Crippen molar-refractivity contribution in [2.24, 2.45) is 5.73 Å². The number of nitrogens with one attached hydrogen (secondary N) is 1. The monoisotopic (exact) mass is 671 g/mol. The molecule has 13 nitrogen and oxygen atoms in total. The summed E-state index contributed by atoms with van der Waals surface area (Å²) in [7, 11) is -3.37. The molecule has 0 bridgehead atoms. The maximum atomic E-state index is 13.0. The highest BCUT2D eigenvalue weighted by Crippen LogP contribution is 2.28. The zero-order valence-electron chi connectivity index (χ0n) is 25.5. The first kappa shape index (κ1) is 33.7. The number of amides is 1. The number of hydrogen-bond acceptors (Lipinski definition) is 11. The van der Waals surface area contributed by atoms with Gasteiger partial charge in [0.1, 0.15) is 18.5 Å². The molecule has 16 heteroatoms.